The Hall–Kier alpha value is -1.16. The quantitative estimate of drug-likeness (QED) is 0.487. The van der Waals surface area contributed by atoms with E-state index in [1.54, 1.807) is 19.1 Å². The number of halogens is 1. The SMILES string of the molecule is CCC(C(=O)OC)C(=O)c1ccc(Br)cc1C. The smallest absolute Gasteiger partial charge is 0.316 e. The molecule has 1 rings (SSSR count). The summed E-state index contributed by atoms with van der Waals surface area (Å²) in [7, 11) is 1.30. The minimum Gasteiger partial charge on any atom is -0.468 e. The van der Waals surface area contributed by atoms with Gasteiger partial charge in [-0.15, -0.1) is 0 Å². The molecule has 1 atom stereocenters. The molecule has 0 bridgehead atoms. The number of benzene rings is 1. The van der Waals surface area contributed by atoms with Crippen molar-refractivity contribution in [2.75, 3.05) is 7.11 Å². The van der Waals surface area contributed by atoms with E-state index in [1.807, 2.05) is 13.0 Å². The van der Waals surface area contributed by atoms with E-state index in [2.05, 4.69) is 20.7 Å². The van der Waals surface area contributed by atoms with Crippen molar-refractivity contribution < 1.29 is 14.3 Å². The topological polar surface area (TPSA) is 43.4 Å². The third-order valence-electron chi connectivity index (χ3n) is 2.66. The highest BCUT2D eigenvalue weighted by molar-refractivity contribution is 9.10. The van der Waals surface area contributed by atoms with Crippen molar-refractivity contribution in [3.05, 3.63) is 33.8 Å². The summed E-state index contributed by atoms with van der Waals surface area (Å²) >= 11 is 3.34. The number of carbonyl (C=O) groups excluding carboxylic acids is 2. The average molecular weight is 299 g/mol. The third-order valence-corrected chi connectivity index (χ3v) is 3.16. The lowest BCUT2D eigenvalue weighted by Gasteiger charge is -2.13. The number of hydrogen-bond donors (Lipinski definition) is 0. The van der Waals surface area contributed by atoms with E-state index in [-0.39, 0.29) is 5.78 Å². The predicted molar refractivity (Wildman–Crippen MR) is 69.0 cm³/mol. The second-order valence-electron chi connectivity index (χ2n) is 3.81. The van der Waals surface area contributed by atoms with Crippen molar-refractivity contribution in [2.24, 2.45) is 5.92 Å². The number of ketones is 1. The van der Waals surface area contributed by atoms with Gasteiger partial charge in [-0.25, -0.2) is 0 Å². The van der Waals surface area contributed by atoms with Crippen LogP contribution < -0.4 is 0 Å². The number of methoxy groups -OCH3 is 1. The van der Waals surface area contributed by atoms with Crippen LogP contribution in [0.15, 0.2) is 22.7 Å². The second kappa shape index (κ2) is 5.96. The van der Waals surface area contributed by atoms with E-state index in [1.165, 1.54) is 7.11 Å². The van der Waals surface area contributed by atoms with E-state index in [0.29, 0.717) is 12.0 Å². The van der Waals surface area contributed by atoms with Gasteiger partial charge in [0.15, 0.2) is 5.78 Å². The van der Waals surface area contributed by atoms with Gasteiger partial charge >= 0.3 is 5.97 Å². The zero-order valence-corrected chi connectivity index (χ0v) is 11.7. The summed E-state index contributed by atoms with van der Waals surface area (Å²) in [5, 5.41) is 0. The van der Waals surface area contributed by atoms with E-state index in [0.717, 1.165) is 10.0 Å². The molecular weight excluding hydrogens is 284 g/mol. The first kappa shape index (κ1) is 13.9. The molecule has 0 radical (unpaired) electrons. The monoisotopic (exact) mass is 298 g/mol. The fourth-order valence-electron chi connectivity index (χ4n) is 1.69. The van der Waals surface area contributed by atoms with Crippen LogP contribution >= 0.6 is 15.9 Å². The highest BCUT2D eigenvalue weighted by Crippen LogP contribution is 2.20. The Labute approximate surface area is 109 Å². The summed E-state index contributed by atoms with van der Waals surface area (Å²) in [6.07, 6.45) is 0.445. The fourth-order valence-corrected chi connectivity index (χ4v) is 2.17. The van der Waals surface area contributed by atoms with Crippen LogP contribution in [0.2, 0.25) is 0 Å². The highest BCUT2D eigenvalue weighted by Gasteiger charge is 2.27. The molecule has 0 saturated carbocycles. The maximum absolute atomic E-state index is 12.2. The molecule has 0 aliphatic heterocycles. The van der Waals surface area contributed by atoms with Gasteiger partial charge in [-0.2, -0.15) is 0 Å². The number of Topliss-reactive ketones (excluding diaryl/α,β-unsaturated/α-hetero) is 1. The van der Waals surface area contributed by atoms with Gasteiger partial charge in [-0.05, 0) is 37.1 Å². The number of ether oxygens (including phenoxy) is 1. The molecule has 0 aliphatic carbocycles. The zero-order valence-electron chi connectivity index (χ0n) is 10.1. The molecule has 1 aromatic rings. The van der Waals surface area contributed by atoms with Crippen LogP contribution in [0.5, 0.6) is 0 Å². The maximum atomic E-state index is 12.2. The van der Waals surface area contributed by atoms with Gasteiger partial charge < -0.3 is 4.74 Å². The van der Waals surface area contributed by atoms with Gasteiger partial charge in [0.25, 0.3) is 0 Å². The highest BCUT2D eigenvalue weighted by atomic mass is 79.9. The van der Waals surface area contributed by atoms with Crippen molar-refractivity contribution in [1.82, 2.24) is 0 Å². The van der Waals surface area contributed by atoms with Crippen molar-refractivity contribution in [2.45, 2.75) is 20.3 Å². The van der Waals surface area contributed by atoms with Crippen LogP contribution in [0.1, 0.15) is 29.3 Å². The largest absolute Gasteiger partial charge is 0.468 e. The molecule has 1 aromatic carbocycles. The normalized spacial score (nSPS) is 12.0. The van der Waals surface area contributed by atoms with Crippen molar-refractivity contribution in [1.29, 1.82) is 0 Å². The molecule has 4 heteroatoms. The molecule has 3 nitrogen and oxygen atoms in total. The standard InChI is InChI=1S/C13H15BrO3/c1-4-10(13(16)17-3)12(15)11-6-5-9(14)7-8(11)2/h5-7,10H,4H2,1-3H3. The Morgan fingerprint density at radius 3 is 2.53 bits per heavy atom. The lowest BCUT2D eigenvalue weighted by Crippen LogP contribution is -2.25. The molecule has 17 heavy (non-hydrogen) atoms. The van der Waals surface area contributed by atoms with Gasteiger partial charge in [-0.1, -0.05) is 22.9 Å². The minimum absolute atomic E-state index is 0.177. The van der Waals surface area contributed by atoms with Crippen LogP contribution in [0.4, 0.5) is 0 Å². The number of hydrogen-bond acceptors (Lipinski definition) is 3. The van der Waals surface area contributed by atoms with Crippen molar-refractivity contribution in [3.8, 4) is 0 Å². The van der Waals surface area contributed by atoms with Crippen LogP contribution in [0.3, 0.4) is 0 Å². The van der Waals surface area contributed by atoms with Crippen molar-refractivity contribution >= 4 is 27.7 Å². The van der Waals surface area contributed by atoms with E-state index in [9.17, 15) is 9.59 Å². The molecule has 0 amide bonds. The molecular formula is C13H15BrO3. The first-order valence-corrected chi connectivity index (χ1v) is 6.18. The first-order chi connectivity index (χ1) is 8.01. The molecule has 0 saturated heterocycles. The summed E-state index contributed by atoms with van der Waals surface area (Å²) in [4.78, 5) is 23.7. The van der Waals surface area contributed by atoms with Gasteiger partial charge in [0.1, 0.15) is 5.92 Å². The number of esters is 1. The molecule has 0 aromatic heterocycles. The van der Waals surface area contributed by atoms with Gasteiger partial charge in [0.05, 0.1) is 7.11 Å². The Bertz CT molecular complexity index is 440. The van der Waals surface area contributed by atoms with E-state index >= 15 is 0 Å². The number of rotatable bonds is 4. The zero-order chi connectivity index (χ0) is 13.0. The van der Waals surface area contributed by atoms with Crippen LogP contribution in [-0.2, 0) is 9.53 Å². The summed E-state index contributed by atoms with van der Waals surface area (Å²) in [6.45, 7) is 3.65. The molecule has 0 aliphatic rings. The predicted octanol–water partition coefficient (Wildman–Crippen LogP) is 3.14. The van der Waals surface area contributed by atoms with Crippen LogP contribution in [-0.4, -0.2) is 18.9 Å². The van der Waals surface area contributed by atoms with Crippen LogP contribution in [0.25, 0.3) is 0 Å². The van der Waals surface area contributed by atoms with E-state index < -0.39 is 11.9 Å². The van der Waals surface area contributed by atoms with Gasteiger partial charge in [0.2, 0.25) is 0 Å². The summed E-state index contributed by atoms with van der Waals surface area (Å²) < 4.78 is 5.55. The molecule has 0 fully saturated rings. The molecule has 1 unspecified atom stereocenters. The Kier molecular flexibility index (Phi) is 4.87. The molecule has 0 N–H and O–H groups in total. The van der Waals surface area contributed by atoms with E-state index in [4.69, 9.17) is 0 Å². The fraction of sp³-hybridized carbons (Fsp3) is 0.385. The molecule has 0 heterocycles. The van der Waals surface area contributed by atoms with Gasteiger partial charge in [-0.3, -0.25) is 9.59 Å². The Morgan fingerprint density at radius 2 is 2.06 bits per heavy atom. The maximum Gasteiger partial charge on any atom is 0.316 e. The summed E-state index contributed by atoms with van der Waals surface area (Å²) in [5.74, 6) is -1.36. The van der Waals surface area contributed by atoms with Gasteiger partial charge in [0, 0.05) is 10.0 Å². The Balaban J connectivity index is 3.06. The van der Waals surface area contributed by atoms with Crippen molar-refractivity contribution in [3.63, 3.8) is 0 Å². The lowest BCUT2D eigenvalue weighted by atomic mass is 9.93. The molecule has 92 valence electrons. The number of carbonyl (C=O) groups is 2. The summed E-state index contributed by atoms with van der Waals surface area (Å²) in [6, 6.07) is 5.38. The minimum atomic E-state index is -0.708. The molecule has 0 spiro atoms. The summed E-state index contributed by atoms with van der Waals surface area (Å²) in [5.41, 5.74) is 1.43. The third kappa shape index (κ3) is 3.16. The second-order valence-corrected chi connectivity index (χ2v) is 4.72. The lowest BCUT2D eigenvalue weighted by molar-refractivity contribution is -0.143. The first-order valence-electron chi connectivity index (χ1n) is 5.39. The average Bonchev–Trinajstić information content (AvgIpc) is 2.29. The number of aryl methyl sites for hydroxylation is 1. The Morgan fingerprint density at radius 1 is 1.41 bits per heavy atom. The van der Waals surface area contributed by atoms with Crippen LogP contribution in [0, 0.1) is 12.8 Å².